The van der Waals surface area contributed by atoms with Crippen molar-refractivity contribution < 1.29 is 14.5 Å². The molecule has 2 saturated heterocycles. The first-order valence-corrected chi connectivity index (χ1v) is 5.74. The summed E-state index contributed by atoms with van der Waals surface area (Å²) in [6, 6.07) is -0.0880. The van der Waals surface area contributed by atoms with Crippen molar-refractivity contribution in [2.24, 2.45) is 5.92 Å². The normalized spacial score (nSPS) is 37.5. The van der Waals surface area contributed by atoms with Crippen molar-refractivity contribution in [1.29, 1.82) is 0 Å². The van der Waals surface area contributed by atoms with Crippen LogP contribution in [0, 0.1) is 5.92 Å². The average Bonchev–Trinajstić information content (AvgIpc) is 2.47. The first kappa shape index (κ1) is 10.6. The van der Waals surface area contributed by atoms with Crippen molar-refractivity contribution in [3.8, 4) is 0 Å². The molecule has 0 spiro atoms. The van der Waals surface area contributed by atoms with Crippen LogP contribution < -0.4 is 4.90 Å². The Bertz CT molecular complexity index is 282. The van der Waals surface area contributed by atoms with Gasteiger partial charge in [0.15, 0.2) is 6.04 Å². The zero-order valence-corrected chi connectivity index (χ0v) is 9.45. The highest BCUT2D eigenvalue weighted by atomic mass is 16.2. The number of rotatable bonds is 1. The van der Waals surface area contributed by atoms with E-state index in [9.17, 15) is 9.59 Å². The lowest BCUT2D eigenvalue weighted by Crippen LogP contribution is -3.17. The fourth-order valence-electron chi connectivity index (χ4n) is 2.56. The van der Waals surface area contributed by atoms with Gasteiger partial charge >= 0.3 is 0 Å². The van der Waals surface area contributed by atoms with E-state index in [1.54, 1.807) is 7.05 Å². The van der Waals surface area contributed by atoms with Gasteiger partial charge in [-0.25, -0.2) is 0 Å². The van der Waals surface area contributed by atoms with Crippen molar-refractivity contribution in [2.45, 2.75) is 32.2 Å². The van der Waals surface area contributed by atoms with Gasteiger partial charge in [-0.1, -0.05) is 6.92 Å². The van der Waals surface area contributed by atoms with E-state index < -0.39 is 0 Å². The molecule has 1 atom stereocenters. The number of piperidine rings is 1. The third kappa shape index (κ3) is 1.91. The fraction of sp³-hybridized carbons (Fsp3) is 0.818. The molecule has 0 saturated carbocycles. The van der Waals surface area contributed by atoms with Crippen molar-refractivity contribution in [2.75, 3.05) is 20.1 Å². The van der Waals surface area contributed by atoms with Crippen molar-refractivity contribution in [3.63, 3.8) is 0 Å². The number of likely N-dealkylation sites (tertiary alicyclic amines) is 2. The molecule has 0 aromatic heterocycles. The second-order valence-corrected chi connectivity index (χ2v) is 4.89. The molecule has 0 aliphatic carbocycles. The van der Waals surface area contributed by atoms with Gasteiger partial charge in [0.05, 0.1) is 19.5 Å². The SMILES string of the molecule is CC1CC[NH+]([C@H]2CC(=O)N(C)C2=O)CC1. The Kier molecular flexibility index (Phi) is 2.78. The predicted molar refractivity (Wildman–Crippen MR) is 55.3 cm³/mol. The Morgan fingerprint density at radius 1 is 1.27 bits per heavy atom. The maximum absolute atomic E-state index is 11.8. The van der Waals surface area contributed by atoms with Crippen LogP contribution in [0.25, 0.3) is 0 Å². The number of carbonyl (C=O) groups is 2. The summed E-state index contributed by atoms with van der Waals surface area (Å²) in [7, 11) is 1.59. The first-order valence-electron chi connectivity index (χ1n) is 5.74. The number of hydrogen-bond donors (Lipinski definition) is 1. The molecule has 0 aromatic carbocycles. The van der Waals surface area contributed by atoms with Crippen molar-refractivity contribution >= 4 is 11.8 Å². The van der Waals surface area contributed by atoms with E-state index in [1.165, 1.54) is 22.6 Å². The standard InChI is InChI=1S/C11H18N2O2/c1-8-3-5-13(6-4-8)9-7-10(14)12(2)11(9)15/h8-9H,3-7H2,1-2H3/p+1/t9-/m0/s1. The number of imide groups is 1. The van der Waals surface area contributed by atoms with E-state index in [1.807, 2.05) is 0 Å². The van der Waals surface area contributed by atoms with Crippen molar-refractivity contribution in [3.05, 3.63) is 0 Å². The third-order valence-electron chi connectivity index (χ3n) is 3.79. The van der Waals surface area contributed by atoms with Crippen LogP contribution in [0.15, 0.2) is 0 Å². The third-order valence-corrected chi connectivity index (χ3v) is 3.79. The summed E-state index contributed by atoms with van der Waals surface area (Å²) in [5.74, 6) is 0.777. The van der Waals surface area contributed by atoms with E-state index in [4.69, 9.17) is 0 Å². The Morgan fingerprint density at radius 3 is 2.33 bits per heavy atom. The molecule has 2 amide bonds. The molecule has 2 rings (SSSR count). The topological polar surface area (TPSA) is 41.8 Å². The van der Waals surface area contributed by atoms with Gasteiger partial charge in [-0.2, -0.15) is 0 Å². The molecule has 0 radical (unpaired) electrons. The Morgan fingerprint density at radius 2 is 1.87 bits per heavy atom. The molecule has 4 nitrogen and oxygen atoms in total. The van der Waals surface area contributed by atoms with Gasteiger partial charge in [-0.15, -0.1) is 0 Å². The number of likely N-dealkylation sites (N-methyl/N-ethyl adjacent to an activating group) is 1. The predicted octanol–water partition coefficient (Wildman–Crippen LogP) is -0.941. The van der Waals surface area contributed by atoms with E-state index in [-0.39, 0.29) is 17.9 Å². The average molecular weight is 211 g/mol. The van der Waals surface area contributed by atoms with Crippen LogP contribution in [0.1, 0.15) is 26.2 Å². The molecule has 2 aliphatic heterocycles. The molecular weight excluding hydrogens is 192 g/mol. The van der Waals surface area contributed by atoms with Crippen LogP contribution >= 0.6 is 0 Å². The van der Waals surface area contributed by atoms with Gasteiger partial charge in [0.2, 0.25) is 5.91 Å². The maximum atomic E-state index is 11.8. The van der Waals surface area contributed by atoms with Crippen LogP contribution in [0.4, 0.5) is 0 Å². The number of quaternary nitrogens is 1. The van der Waals surface area contributed by atoms with Crippen molar-refractivity contribution in [1.82, 2.24) is 4.90 Å². The van der Waals surface area contributed by atoms with E-state index in [0.29, 0.717) is 6.42 Å². The number of carbonyl (C=O) groups excluding carboxylic acids is 2. The second kappa shape index (κ2) is 3.93. The number of amides is 2. The van der Waals surface area contributed by atoms with Crippen LogP contribution in [0.3, 0.4) is 0 Å². The minimum absolute atomic E-state index is 0.0175. The van der Waals surface area contributed by atoms with E-state index in [2.05, 4.69) is 6.92 Å². The molecule has 84 valence electrons. The molecule has 15 heavy (non-hydrogen) atoms. The quantitative estimate of drug-likeness (QED) is 0.569. The molecule has 2 aliphatic rings. The molecule has 0 aromatic rings. The number of nitrogens with zero attached hydrogens (tertiary/aromatic N) is 1. The van der Waals surface area contributed by atoms with Gasteiger partial charge in [0.1, 0.15) is 0 Å². The van der Waals surface area contributed by atoms with Crippen LogP contribution in [0.5, 0.6) is 0 Å². The largest absolute Gasteiger partial charge is 0.324 e. The Balaban J connectivity index is 2.00. The first-order chi connectivity index (χ1) is 7.09. The summed E-state index contributed by atoms with van der Waals surface area (Å²) in [6.07, 6.45) is 2.77. The Labute approximate surface area is 90.2 Å². The monoisotopic (exact) mass is 211 g/mol. The summed E-state index contributed by atoms with van der Waals surface area (Å²) in [5, 5.41) is 0. The highest BCUT2D eigenvalue weighted by Gasteiger charge is 2.43. The highest BCUT2D eigenvalue weighted by Crippen LogP contribution is 2.12. The van der Waals surface area contributed by atoms with E-state index >= 15 is 0 Å². The van der Waals surface area contributed by atoms with Gasteiger partial charge < -0.3 is 4.90 Å². The van der Waals surface area contributed by atoms with Crippen LogP contribution in [-0.2, 0) is 9.59 Å². The molecular formula is C11H19N2O2+. The molecule has 2 heterocycles. The minimum Gasteiger partial charge on any atom is -0.324 e. The summed E-state index contributed by atoms with van der Waals surface area (Å²) in [6.45, 7) is 4.34. The van der Waals surface area contributed by atoms with Gasteiger partial charge in [-0.05, 0) is 18.8 Å². The smallest absolute Gasteiger partial charge is 0.287 e. The van der Waals surface area contributed by atoms with Gasteiger partial charge in [-0.3, -0.25) is 14.5 Å². The number of hydrogen-bond acceptors (Lipinski definition) is 2. The van der Waals surface area contributed by atoms with Gasteiger partial charge in [0.25, 0.3) is 5.91 Å². The van der Waals surface area contributed by atoms with Crippen LogP contribution in [-0.4, -0.2) is 42.9 Å². The molecule has 0 unspecified atom stereocenters. The summed E-state index contributed by atoms with van der Waals surface area (Å²) < 4.78 is 0. The lowest BCUT2D eigenvalue weighted by atomic mass is 9.97. The zero-order chi connectivity index (χ0) is 11.0. The van der Waals surface area contributed by atoms with Gasteiger partial charge in [0, 0.05) is 7.05 Å². The fourth-order valence-corrected chi connectivity index (χ4v) is 2.56. The molecule has 4 heteroatoms. The summed E-state index contributed by atoms with van der Waals surface area (Å²) in [4.78, 5) is 25.8. The lowest BCUT2D eigenvalue weighted by Gasteiger charge is -2.30. The molecule has 0 bridgehead atoms. The summed E-state index contributed by atoms with van der Waals surface area (Å²) in [5.41, 5.74) is 0. The lowest BCUT2D eigenvalue weighted by molar-refractivity contribution is -0.920. The molecule has 1 N–H and O–H groups in total. The summed E-state index contributed by atoms with van der Waals surface area (Å²) >= 11 is 0. The molecule has 2 fully saturated rings. The minimum atomic E-state index is -0.0880. The van der Waals surface area contributed by atoms with Crippen LogP contribution in [0.2, 0.25) is 0 Å². The number of nitrogens with one attached hydrogen (secondary N) is 1. The second-order valence-electron chi connectivity index (χ2n) is 4.89. The maximum Gasteiger partial charge on any atom is 0.287 e. The highest BCUT2D eigenvalue weighted by molar-refractivity contribution is 6.04. The van der Waals surface area contributed by atoms with E-state index in [0.717, 1.165) is 19.0 Å². The zero-order valence-electron chi connectivity index (χ0n) is 9.45. The Hall–Kier alpha value is -0.900.